The maximum absolute atomic E-state index is 13.8. The Hall–Kier alpha value is -3.69. The van der Waals surface area contributed by atoms with Crippen molar-refractivity contribution in [3.05, 3.63) is 100 Å². The van der Waals surface area contributed by atoms with E-state index in [2.05, 4.69) is 5.32 Å². The summed E-state index contributed by atoms with van der Waals surface area (Å²) in [5.74, 6) is -1.53. The van der Waals surface area contributed by atoms with Gasteiger partial charge in [0, 0.05) is 16.1 Å². The van der Waals surface area contributed by atoms with E-state index in [4.69, 9.17) is 16.3 Å². The molecule has 0 heterocycles. The number of ether oxygens (including phenoxy) is 1. The van der Waals surface area contributed by atoms with Crippen molar-refractivity contribution in [3.63, 3.8) is 0 Å². The molecule has 0 unspecified atom stereocenters. The summed E-state index contributed by atoms with van der Waals surface area (Å²) >= 11 is 6.04. The van der Waals surface area contributed by atoms with Crippen LogP contribution in [0.4, 0.5) is 14.5 Å². The number of amides is 1. The van der Waals surface area contributed by atoms with Crippen LogP contribution >= 0.6 is 11.6 Å². The zero-order chi connectivity index (χ0) is 21.5. The summed E-state index contributed by atoms with van der Waals surface area (Å²) in [4.78, 5) is 12.4. The van der Waals surface area contributed by atoms with Crippen molar-refractivity contribution in [2.45, 2.75) is 6.61 Å². The number of nitriles is 1. The van der Waals surface area contributed by atoms with Crippen LogP contribution in [-0.4, -0.2) is 5.91 Å². The van der Waals surface area contributed by atoms with Gasteiger partial charge in [-0.15, -0.1) is 0 Å². The van der Waals surface area contributed by atoms with Gasteiger partial charge < -0.3 is 10.1 Å². The molecule has 30 heavy (non-hydrogen) atoms. The van der Waals surface area contributed by atoms with E-state index in [0.717, 1.165) is 0 Å². The third kappa shape index (κ3) is 5.22. The number of hydrogen-bond donors (Lipinski definition) is 1. The second kappa shape index (κ2) is 9.68. The molecule has 0 aliphatic rings. The van der Waals surface area contributed by atoms with Gasteiger partial charge in [-0.3, -0.25) is 4.79 Å². The molecule has 1 amide bonds. The topological polar surface area (TPSA) is 62.1 Å². The van der Waals surface area contributed by atoms with Gasteiger partial charge in [0.25, 0.3) is 5.91 Å². The van der Waals surface area contributed by atoms with E-state index < -0.39 is 17.5 Å². The number of para-hydroxylation sites is 1. The highest BCUT2D eigenvalue weighted by molar-refractivity contribution is 6.30. The van der Waals surface area contributed by atoms with Crippen LogP contribution < -0.4 is 10.1 Å². The first-order valence-corrected chi connectivity index (χ1v) is 9.19. The summed E-state index contributed by atoms with van der Waals surface area (Å²) in [5, 5.41) is 12.1. The average molecular weight is 425 g/mol. The fraction of sp³-hybridized carbons (Fsp3) is 0.0435. The predicted molar refractivity (Wildman–Crippen MR) is 111 cm³/mol. The Morgan fingerprint density at radius 2 is 1.77 bits per heavy atom. The smallest absolute Gasteiger partial charge is 0.266 e. The van der Waals surface area contributed by atoms with Crippen LogP contribution in [0, 0.1) is 23.0 Å². The van der Waals surface area contributed by atoms with Crippen LogP contribution in [0.15, 0.2) is 72.3 Å². The molecule has 0 aliphatic carbocycles. The summed E-state index contributed by atoms with van der Waals surface area (Å²) < 4.78 is 33.3. The number of hydrogen-bond acceptors (Lipinski definition) is 3. The minimum atomic E-state index is -0.789. The molecule has 0 bridgehead atoms. The van der Waals surface area contributed by atoms with Gasteiger partial charge in [-0.2, -0.15) is 5.26 Å². The van der Waals surface area contributed by atoms with Gasteiger partial charge in [0.1, 0.15) is 35.6 Å². The Kier molecular flexibility index (Phi) is 6.79. The van der Waals surface area contributed by atoms with Gasteiger partial charge in [0.05, 0.1) is 5.69 Å². The van der Waals surface area contributed by atoms with Crippen LogP contribution in [0.1, 0.15) is 11.1 Å². The van der Waals surface area contributed by atoms with E-state index >= 15 is 0 Å². The lowest BCUT2D eigenvalue weighted by Crippen LogP contribution is -2.14. The molecule has 3 rings (SSSR count). The third-order valence-electron chi connectivity index (χ3n) is 4.10. The van der Waals surface area contributed by atoms with E-state index in [-0.39, 0.29) is 17.9 Å². The fourth-order valence-electron chi connectivity index (χ4n) is 2.59. The summed E-state index contributed by atoms with van der Waals surface area (Å²) in [6.07, 6.45) is 1.28. The van der Waals surface area contributed by atoms with E-state index in [1.807, 2.05) is 0 Å². The predicted octanol–water partition coefficient (Wildman–Crippen LogP) is 5.74. The fourth-order valence-corrected chi connectivity index (χ4v) is 2.77. The second-order valence-corrected chi connectivity index (χ2v) is 6.60. The van der Waals surface area contributed by atoms with Gasteiger partial charge in [0.2, 0.25) is 0 Å². The number of anilines is 1. The zero-order valence-electron chi connectivity index (χ0n) is 15.5. The second-order valence-electron chi connectivity index (χ2n) is 6.17. The van der Waals surface area contributed by atoms with Crippen LogP contribution in [-0.2, 0) is 11.4 Å². The number of rotatable bonds is 6. The Bertz CT molecular complexity index is 1160. The molecule has 0 atom stereocenters. The number of nitrogens with one attached hydrogen (secondary N) is 1. The minimum Gasteiger partial charge on any atom is -0.488 e. The van der Waals surface area contributed by atoms with Gasteiger partial charge >= 0.3 is 0 Å². The monoisotopic (exact) mass is 424 g/mol. The number of nitrogens with zero attached hydrogens (tertiary/aromatic N) is 1. The maximum Gasteiger partial charge on any atom is 0.266 e. The summed E-state index contributed by atoms with van der Waals surface area (Å²) in [6.45, 7) is -0.0571. The number of carbonyl (C=O) groups excluding carboxylic acids is 1. The lowest BCUT2D eigenvalue weighted by atomic mass is 10.1. The zero-order valence-corrected chi connectivity index (χ0v) is 16.3. The largest absolute Gasteiger partial charge is 0.488 e. The molecular formula is C23H15ClF2N2O2. The van der Waals surface area contributed by atoms with Gasteiger partial charge in [-0.05, 0) is 42.5 Å². The van der Waals surface area contributed by atoms with Crippen molar-refractivity contribution in [1.29, 1.82) is 5.26 Å². The van der Waals surface area contributed by atoms with E-state index in [1.165, 1.54) is 36.4 Å². The Labute approximate surface area is 177 Å². The minimum absolute atomic E-state index is 0.0502. The van der Waals surface area contributed by atoms with Crippen molar-refractivity contribution >= 4 is 29.3 Å². The number of benzene rings is 3. The molecule has 7 heteroatoms. The van der Waals surface area contributed by atoms with Gasteiger partial charge in [0.15, 0.2) is 0 Å². The average Bonchev–Trinajstić information content (AvgIpc) is 2.74. The Balaban J connectivity index is 1.86. The third-order valence-corrected chi connectivity index (χ3v) is 4.33. The highest BCUT2D eigenvalue weighted by atomic mass is 35.5. The summed E-state index contributed by atoms with van der Waals surface area (Å²) in [6, 6.07) is 18.2. The maximum atomic E-state index is 13.8. The van der Waals surface area contributed by atoms with E-state index in [1.54, 1.807) is 42.5 Å². The van der Waals surface area contributed by atoms with Crippen molar-refractivity contribution < 1.29 is 18.3 Å². The molecule has 0 fully saturated rings. The number of carbonyl (C=O) groups is 1. The molecule has 3 aromatic rings. The van der Waals surface area contributed by atoms with Crippen molar-refractivity contribution in [3.8, 4) is 11.8 Å². The number of halogens is 3. The van der Waals surface area contributed by atoms with Gasteiger partial charge in [-0.25, -0.2) is 8.78 Å². The molecule has 0 saturated carbocycles. The summed E-state index contributed by atoms with van der Waals surface area (Å²) in [5.41, 5.74) is 0.362. The van der Waals surface area contributed by atoms with E-state index in [0.29, 0.717) is 21.9 Å². The lowest BCUT2D eigenvalue weighted by molar-refractivity contribution is -0.112. The Morgan fingerprint density at radius 1 is 1.07 bits per heavy atom. The SMILES string of the molecule is N#C/C(=C\c1cc(Cl)ccc1OCc1ccccc1F)C(=O)Nc1ccccc1F. The van der Waals surface area contributed by atoms with Crippen LogP contribution in [0.3, 0.4) is 0 Å². The van der Waals surface area contributed by atoms with Crippen LogP contribution in [0.2, 0.25) is 5.02 Å². The molecular weight excluding hydrogens is 410 g/mol. The Morgan fingerprint density at radius 3 is 2.47 bits per heavy atom. The first kappa shape index (κ1) is 21.0. The highest BCUT2D eigenvalue weighted by Gasteiger charge is 2.14. The lowest BCUT2D eigenvalue weighted by Gasteiger charge is -2.11. The highest BCUT2D eigenvalue weighted by Crippen LogP contribution is 2.27. The molecule has 0 saturated heterocycles. The van der Waals surface area contributed by atoms with Crippen molar-refractivity contribution in [2.24, 2.45) is 0 Å². The molecule has 150 valence electrons. The molecule has 0 spiro atoms. The molecule has 0 radical (unpaired) electrons. The van der Waals surface area contributed by atoms with Gasteiger partial charge in [-0.1, -0.05) is 41.9 Å². The van der Waals surface area contributed by atoms with Crippen molar-refractivity contribution in [2.75, 3.05) is 5.32 Å². The first-order chi connectivity index (χ1) is 14.5. The van der Waals surface area contributed by atoms with Crippen LogP contribution in [0.5, 0.6) is 5.75 Å². The normalized spacial score (nSPS) is 10.9. The summed E-state index contributed by atoms with van der Waals surface area (Å²) in [7, 11) is 0. The molecule has 1 N–H and O–H groups in total. The standard InChI is InChI=1S/C23H15ClF2N2O2/c24-18-9-10-22(30-14-15-5-1-2-6-19(15)25)16(12-18)11-17(13-27)23(29)28-21-8-4-3-7-20(21)26/h1-12H,14H2,(H,28,29)/b17-11+. The molecule has 3 aromatic carbocycles. The molecule has 4 nitrogen and oxygen atoms in total. The van der Waals surface area contributed by atoms with E-state index in [9.17, 15) is 18.8 Å². The first-order valence-electron chi connectivity index (χ1n) is 8.81. The molecule has 0 aromatic heterocycles. The van der Waals surface area contributed by atoms with Crippen LogP contribution in [0.25, 0.3) is 6.08 Å². The quantitative estimate of drug-likeness (QED) is 0.405. The molecule has 0 aliphatic heterocycles. The van der Waals surface area contributed by atoms with Crippen molar-refractivity contribution in [1.82, 2.24) is 0 Å².